The molecule has 0 atom stereocenters. The maximum absolute atomic E-state index is 10.4. The van der Waals surface area contributed by atoms with Crippen LogP contribution in [0, 0.1) is 0 Å². The van der Waals surface area contributed by atoms with E-state index < -0.39 is 5.60 Å². The number of ether oxygens (including phenoxy) is 2. The van der Waals surface area contributed by atoms with Crippen molar-refractivity contribution in [1.82, 2.24) is 10.2 Å². The zero-order valence-electron chi connectivity index (χ0n) is 13.8. The van der Waals surface area contributed by atoms with Gasteiger partial charge in [0.15, 0.2) is 17.5 Å². The summed E-state index contributed by atoms with van der Waals surface area (Å²) in [5, 5.41) is 13.7. The molecule has 1 aliphatic carbocycles. The Hall–Kier alpha value is -1.95. The second kappa shape index (κ2) is 6.66. The first-order chi connectivity index (χ1) is 11.1. The van der Waals surface area contributed by atoms with E-state index in [2.05, 4.69) is 10.3 Å². The number of rotatable bonds is 4. The highest BCUT2D eigenvalue weighted by Gasteiger charge is 2.31. The maximum Gasteiger partial charge on any atom is 0.231 e. The number of aliphatic hydroxyl groups is 1. The van der Waals surface area contributed by atoms with Crippen molar-refractivity contribution in [3.8, 4) is 11.5 Å². The highest BCUT2D eigenvalue weighted by Crippen LogP contribution is 2.32. The molecule has 1 aliphatic heterocycles. The summed E-state index contributed by atoms with van der Waals surface area (Å²) < 4.78 is 10.8. The molecule has 0 saturated heterocycles. The molecular weight excluding hydrogens is 294 g/mol. The smallest absolute Gasteiger partial charge is 0.231 e. The Kier molecular flexibility index (Phi) is 4.61. The van der Waals surface area contributed by atoms with Gasteiger partial charge in [-0.05, 0) is 30.5 Å². The van der Waals surface area contributed by atoms with E-state index in [0.29, 0.717) is 13.1 Å². The Morgan fingerprint density at radius 2 is 2.04 bits per heavy atom. The summed E-state index contributed by atoms with van der Waals surface area (Å²) in [5.74, 6) is 2.37. The molecule has 1 heterocycles. The Morgan fingerprint density at radius 1 is 1.30 bits per heavy atom. The maximum atomic E-state index is 10.4. The monoisotopic (exact) mass is 319 g/mol. The van der Waals surface area contributed by atoms with E-state index in [0.717, 1.165) is 48.7 Å². The quantitative estimate of drug-likeness (QED) is 0.653. The van der Waals surface area contributed by atoms with Gasteiger partial charge in [0.25, 0.3) is 0 Å². The molecule has 1 saturated carbocycles. The fourth-order valence-electron chi connectivity index (χ4n) is 3.23. The summed E-state index contributed by atoms with van der Waals surface area (Å²) in [7, 11) is 3.75. The molecule has 0 aromatic heterocycles. The molecule has 126 valence electrons. The first kappa shape index (κ1) is 15.9. The van der Waals surface area contributed by atoms with Crippen LogP contribution in [0.4, 0.5) is 0 Å². The minimum Gasteiger partial charge on any atom is -0.454 e. The van der Waals surface area contributed by atoms with Gasteiger partial charge in [0.2, 0.25) is 6.79 Å². The summed E-state index contributed by atoms with van der Waals surface area (Å²) in [5.41, 5.74) is 0.537. The lowest BCUT2D eigenvalue weighted by Crippen LogP contribution is -2.46. The van der Waals surface area contributed by atoms with Crippen molar-refractivity contribution < 1.29 is 14.6 Å². The predicted octanol–water partition coefficient (Wildman–Crippen LogP) is 1.73. The summed E-state index contributed by atoms with van der Waals surface area (Å²) in [6.45, 7) is 1.54. The lowest BCUT2D eigenvalue weighted by molar-refractivity contribution is 0.0516. The summed E-state index contributed by atoms with van der Waals surface area (Å²) in [6.07, 6.45) is 3.93. The molecule has 0 amide bonds. The van der Waals surface area contributed by atoms with Crippen LogP contribution < -0.4 is 14.8 Å². The number of aliphatic imine (C=N–C) groups is 1. The van der Waals surface area contributed by atoms with Crippen LogP contribution in [0.3, 0.4) is 0 Å². The van der Waals surface area contributed by atoms with Crippen LogP contribution in [0.1, 0.15) is 31.2 Å². The third-order valence-electron chi connectivity index (χ3n) is 4.54. The topological polar surface area (TPSA) is 66.3 Å². The highest BCUT2D eigenvalue weighted by atomic mass is 16.7. The van der Waals surface area contributed by atoms with E-state index in [1.54, 1.807) is 7.05 Å². The Morgan fingerprint density at radius 3 is 2.78 bits per heavy atom. The Bertz CT molecular complexity index is 582. The van der Waals surface area contributed by atoms with Gasteiger partial charge in [-0.1, -0.05) is 18.9 Å². The number of fused-ring (bicyclic) bond motifs is 1. The van der Waals surface area contributed by atoms with Gasteiger partial charge in [0.05, 0.1) is 5.60 Å². The first-order valence-corrected chi connectivity index (χ1v) is 8.12. The average molecular weight is 319 g/mol. The highest BCUT2D eigenvalue weighted by molar-refractivity contribution is 5.79. The van der Waals surface area contributed by atoms with Crippen molar-refractivity contribution in [2.24, 2.45) is 4.99 Å². The molecule has 0 unspecified atom stereocenters. The molecule has 1 fully saturated rings. The minimum absolute atomic E-state index is 0.288. The van der Waals surface area contributed by atoms with Gasteiger partial charge >= 0.3 is 0 Å². The summed E-state index contributed by atoms with van der Waals surface area (Å²) >= 11 is 0. The molecule has 1 aromatic rings. The number of benzene rings is 1. The number of nitrogens with one attached hydrogen (secondary N) is 1. The molecule has 6 nitrogen and oxygen atoms in total. The molecule has 0 bridgehead atoms. The van der Waals surface area contributed by atoms with E-state index in [4.69, 9.17) is 9.47 Å². The normalized spacial score (nSPS) is 19.0. The van der Waals surface area contributed by atoms with Crippen molar-refractivity contribution in [3.05, 3.63) is 23.8 Å². The van der Waals surface area contributed by atoms with Gasteiger partial charge < -0.3 is 24.8 Å². The lowest BCUT2D eigenvalue weighted by Gasteiger charge is -2.27. The van der Waals surface area contributed by atoms with Gasteiger partial charge in [-0.25, -0.2) is 0 Å². The summed E-state index contributed by atoms with van der Waals surface area (Å²) in [6, 6.07) is 5.96. The fourth-order valence-corrected chi connectivity index (χ4v) is 3.23. The molecule has 2 aliphatic rings. The van der Waals surface area contributed by atoms with E-state index in [9.17, 15) is 5.11 Å². The standard InChI is InChI=1S/C17H25N3O3/c1-18-16(19-11-17(21)7-3-4-8-17)20(2)10-13-5-6-14-15(9-13)23-12-22-14/h5-6,9,21H,3-4,7-8,10-12H2,1-2H3,(H,18,19). The van der Waals surface area contributed by atoms with Gasteiger partial charge in [0, 0.05) is 27.2 Å². The largest absolute Gasteiger partial charge is 0.454 e. The van der Waals surface area contributed by atoms with Gasteiger partial charge in [-0.2, -0.15) is 0 Å². The van der Waals surface area contributed by atoms with Crippen LogP contribution >= 0.6 is 0 Å². The van der Waals surface area contributed by atoms with Crippen molar-refractivity contribution >= 4 is 5.96 Å². The van der Waals surface area contributed by atoms with Gasteiger partial charge in [-0.3, -0.25) is 4.99 Å². The molecule has 1 aromatic carbocycles. The second-order valence-electron chi connectivity index (χ2n) is 6.38. The van der Waals surface area contributed by atoms with Crippen LogP contribution in [0.2, 0.25) is 0 Å². The van der Waals surface area contributed by atoms with Crippen LogP contribution in [0.5, 0.6) is 11.5 Å². The number of nitrogens with zero attached hydrogens (tertiary/aromatic N) is 2. The number of hydrogen-bond donors (Lipinski definition) is 2. The molecular formula is C17H25N3O3. The van der Waals surface area contributed by atoms with E-state index in [1.165, 1.54) is 0 Å². The van der Waals surface area contributed by atoms with Crippen LogP contribution in [0.15, 0.2) is 23.2 Å². The number of hydrogen-bond acceptors (Lipinski definition) is 4. The van der Waals surface area contributed by atoms with Crippen molar-refractivity contribution in [3.63, 3.8) is 0 Å². The number of guanidine groups is 1. The van der Waals surface area contributed by atoms with Crippen molar-refractivity contribution in [2.75, 3.05) is 27.4 Å². The van der Waals surface area contributed by atoms with Gasteiger partial charge in [-0.15, -0.1) is 0 Å². The second-order valence-corrected chi connectivity index (χ2v) is 6.38. The molecule has 23 heavy (non-hydrogen) atoms. The third-order valence-corrected chi connectivity index (χ3v) is 4.54. The Labute approximate surface area is 137 Å². The van der Waals surface area contributed by atoms with E-state index >= 15 is 0 Å². The molecule has 0 spiro atoms. The van der Waals surface area contributed by atoms with Crippen molar-refractivity contribution in [2.45, 2.75) is 37.8 Å². The molecule has 0 radical (unpaired) electrons. The van der Waals surface area contributed by atoms with Gasteiger partial charge in [0.1, 0.15) is 0 Å². The molecule has 6 heteroatoms. The predicted molar refractivity (Wildman–Crippen MR) is 88.8 cm³/mol. The SMILES string of the molecule is CN=C(NCC1(O)CCCC1)N(C)Cc1ccc2c(c1)OCO2. The fraction of sp³-hybridized carbons (Fsp3) is 0.588. The lowest BCUT2D eigenvalue weighted by atomic mass is 10.0. The first-order valence-electron chi connectivity index (χ1n) is 8.12. The van der Waals surface area contributed by atoms with Crippen LogP contribution in [-0.2, 0) is 6.54 Å². The van der Waals surface area contributed by atoms with Crippen LogP contribution in [-0.4, -0.2) is 49.0 Å². The van der Waals surface area contributed by atoms with Crippen molar-refractivity contribution in [1.29, 1.82) is 0 Å². The van der Waals surface area contributed by atoms with E-state index in [1.807, 2.05) is 30.1 Å². The molecule has 3 rings (SSSR count). The molecule has 2 N–H and O–H groups in total. The van der Waals surface area contributed by atoms with Crippen LogP contribution in [0.25, 0.3) is 0 Å². The third kappa shape index (κ3) is 3.69. The minimum atomic E-state index is -0.588. The zero-order chi connectivity index (χ0) is 16.3. The summed E-state index contributed by atoms with van der Waals surface area (Å²) in [4.78, 5) is 6.35. The van der Waals surface area contributed by atoms with E-state index in [-0.39, 0.29) is 6.79 Å². The average Bonchev–Trinajstić information content (AvgIpc) is 3.16. The zero-order valence-corrected chi connectivity index (χ0v) is 13.8. The Balaban J connectivity index is 1.58.